The van der Waals surface area contributed by atoms with E-state index in [-0.39, 0.29) is 0 Å². The molecule has 1 aromatic rings. The van der Waals surface area contributed by atoms with Gasteiger partial charge in [-0.3, -0.25) is 4.90 Å². The van der Waals surface area contributed by atoms with Crippen LogP contribution in [0.2, 0.25) is 0 Å². The van der Waals surface area contributed by atoms with Crippen LogP contribution >= 0.6 is 0 Å². The van der Waals surface area contributed by atoms with Crippen molar-refractivity contribution in [2.45, 2.75) is 45.2 Å². The molecule has 0 N–H and O–H groups in total. The van der Waals surface area contributed by atoms with E-state index in [1.807, 2.05) is 0 Å². The van der Waals surface area contributed by atoms with Gasteiger partial charge in [0.25, 0.3) is 0 Å². The third-order valence-electron chi connectivity index (χ3n) is 7.18. The second-order valence-electron chi connectivity index (χ2n) is 9.06. The van der Waals surface area contributed by atoms with E-state index in [1.165, 1.54) is 49.4 Å². The maximum absolute atomic E-state index is 4.95. The number of hydrogen-bond acceptors (Lipinski definition) is 5. The van der Waals surface area contributed by atoms with Crippen molar-refractivity contribution in [3.63, 3.8) is 0 Å². The lowest BCUT2D eigenvalue weighted by Gasteiger charge is -2.50. The summed E-state index contributed by atoms with van der Waals surface area (Å²) >= 11 is 0. The van der Waals surface area contributed by atoms with Crippen LogP contribution in [0.1, 0.15) is 33.1 Å². The summed E-state index contributed by atoms with van der Waals surface area (Å²) in [7, 11) is 2.16. The van der Waals surface area contributed by atoms with Crippen molar-refractivity contribution < 1.29 is 0 Å². The Morgan fingerprint density at radius 1 is 1.19 bits per heavy atom. The molecule has 5 rings (SSSR count). The number of aromatic nitrogens is 1. The monoisotopic (exact) mass is 353 g/mol. The molecule has 0 aromatic carbocycles. The van der Waals surface area contributed by atoms with Gasteiger partial charge in [-0.1, -0.05) is 6.58 Å². The fourth-order valence-electron chi connectivity index (χ4n) is 5.01. The van der Waals surface area contributed by atoms with Crippen LogP contribution in [0.4, 0.5) is 17.2 Å². The Labute approximate surface area is 157 Å². The van der Waals surface area contributed by atoms with Crippen molar-refractivity contribution in [3.05, 3.63) is 24.5 Å². The Bertz CT molecular complexity index is 738. The lowest BCUT2D eigenvalue weighted by atomic mass is 10.0. The number of piperazine rings is 1. The van der Waals surface area contributed by atoms with E-state index in [9.17, 15) is 0 Å². The fourth-order valence-corrected chi connectivity index (χ4v) is 5.01. The van der Waals surface area contributed by atoms with Crippen LogP contribution in [-0.4, -0.2) is 61.7 Å². The van der Waals surface area contributed by atoms with E-state index in [4.69, 9.17) is 4.98 Å². The first-order chi connectivity index (χ1) is 12.5. The first-order valence-corrected chi connectivity index (χ1v) is 10.2. The maximum atomic E-state index is 4.95. The van der Waals surface area contributed by atoms with Gasteiger partial charge in [-0.25, -0.2) is 4.98 Å². The molecule has 26 heavy (non-hydrogen) atoms. The van der Waals surface area contributed by atoms with E-state index >= 15 is 0 Å². The van der Waals surface area contributed by atoms with Gasteiger partial charge in [0.1, 0.15) is 0 Å². The van der Waals surface area contributed by atoms with E-state index in [1.54, 1.807) is 0 Å². The quantitative estimate of drug-likeness (QED) is 0.814. The predicted molar refractivity (Wildman–Crippen MR) is 108 cm³/mol. The summed E-state index contributed by atoms with van der Waals surface area (Å²) in [6, 6.07) is 3.26. The summed E-state index contributed by atoms with van der Waals surface area (Å²) < 4.78 is 0. The topological polar surface area (TPSA) is 25.9 Å². The molecule has 2 saturated heterocycles. The molecule has 140 valence electrons. The van der Waals surface area contributed by atoms with E-state index in [0.29, 0.717) is 17.5 Å². The molecule has 1 atom stereocenters. The molecule has 0 bridgehead atoms. The highest BCUT2D eigenvalue weighted by Gasteiger charge is 2.48. The van der Waals surface area contributed by atoms with Crippen LogP contribution in [0.3, 0.4) is 0 Å². The van der Waals surface area contributed by atoms with Crippen molar-refractivity contribution in [2.24, 2.45) is 5.41 Å². The molecule has 1 spiro atoms. The lowest BCUT2D eigenvalue weighted by Crippen LogP contribution is -2.59. The number of anilines is 3. The van der Waals surface area contributed by atoms with Gasteiger partial charge in [-0.15, -0.1) is 0 Å². The molecule has 4 heterocycles. The zero-order chi connectivity index (χ0) is 18.1. The summed E-state index contributed by atoms with van der Waals surface area (Å²) in [5.74, 6) is 1.14. The third kappa shape index (κ3) is 2.43. The second kappa shape index (κ2) is 5.62. The summed E-state index contributed by atoms with van der Waals surface area (Å²) in [6.07, 6.45) is 6.29. The Balaban J connectivity index is 1.45. The van der Waals surface area contributed by atoms with Crippen LogP contribution in [0, 0.1) is 5.41 Å². The lowest BCUT2D eigenvalue weighted by molar-refractivity contribution is 0.187. The summed E-state index contributed by atoms with van der Waals surface area (Å²) in [6.45, 7) is 14.6. The zero-order valence-corrected chi connectivity index (χ0v) is 16.4. The number of rotatable bonds is 2. The predicted octanol–water partition coefficient (Wildman–Crippen LogP) is 2.93. The molecule has 0 amide bonds. The number of hydrogen-bond donors (Lipinski definition) is 0. The fraction of sp³-hybridized carbons (Fsp3) is 0.667. The van der Waals surface area contributed by atoms with E-state index in [2.05, 4.69) is 59.3 Å². The standard InChI is InChI=1S/C21H31N5/c1-15(2)24-9-10-26-19(13-24)16(3)23(4)18-11-17(12-22-20(18)26)25-8-7-21(14-25)5-6-21/h11-12,15,19H,3,5-10,13-14H2,1-2,4H3/t19-/m1/s1. The van der Waals surface area contributed by atoms with Crippen LogP contribution in [0.5, 0.6) is 0 Å². The highest BCUT2D eigenvalue weighted by atomic mass is 15.4. The van der Waals surface area contributed by atoms with Crippen molar-refractivity contribution in [3.8, 4) is 0 Å². The molecule has 1 saturated carbocycles. The molecule has 4 aliphatic rings. The van der Waals surface area contributed by atoms with Gasteiger partial charge >= 0.3 is 0 Å². The molecule has 1 aromatic heterocycles. The Morgan fingerprint density at radius 3 is 2.69 bits per heavy atom. The first-order valence-electron chi connectivity index (χ1n) is 10.2. The van der Waals surface area contributed by atoms with Crippen molar-refractivity contribution in [1.29, 1.82) is 0 Å². The van der Waals surface area contributed by atoms with Gasteiger partial charge in [-0.2, -0.15) is 0 Å². The number of fused-ring (bicyclic) bond motifs is 3. The Morgan fingerprint density at radius 2 is 2.00 bits per heavy atom. The van der Waals surface area contributed by atoms with Gasteiger partial charge in [0.05, 0.1) is 23.6 Å². The molecule has 0 radical (unpaired) electrons. The normalized spacial score (nSPS) is 27.3. The smallest absolute Gasteiger partial charge is 0.153 e. The molecular formula is C21H31N5. The number of likely N-dealkylation sites (N-methyl/N-ethyl adjacent to an activating group) is 1. The van der Waals surface area contributed by atoms with Gasteiger partial charge in [0.2, 0.25) is 0 Å². The minimum atomic E-state index is 0.337. The van der Waals surface area contributed by atoms with E-state index < -0.39 is 0 Å². The van der Waals surface area contributed by atoms with E-state index in [0.717, 1.165) is 25.5 Å². The van der Waals surface area contributed by atoms with Gasteiger partial charge in [0, 0.05) is 51.5 Å². The largest absolute Gasteiger partial charge is 0.370 e. The molecule has 1 aliphatic carbocycles. The van der Waals surface area contributed by atoms with Crippen LogP contribution in [-0.2, 0) is 0 Å². The summed E-state index contributed by atoms with van der Waals surface area (Å²) in [5, 5.41) is 0. The van der Waals surface area contributed by atoms with Crippen LogP contribution in [0.25, 0.3) is 0 Å². The number of nitrogens with zero attached hydrogens (tertiary/aromatic N) is 5. The van der Waals surface area contributed by atoms with Crippen molar-refractivity contribution in [2.75, 3.05) is 54.5 Å². The zero-order valence-electron chi connectivity index (χ0n) is 16.4. The second-order valence-corrected chi connectivity index (χ2v) is 9.06. The Hall–Kier alpha value is -1.75. The highest BCUT2D eigenvalue weighted by Crippen LogP contribution is 2.53. The van der Waals surface area contributed by atoms with Crippen LogP contribution < -0.4 is 14.7 Å². The average Bonchev–Trinajstić information content (AvgIpc) is 3.27. The van der Waals surface area contributed by atoms with Gasteiger partial charge in [0.15, 0.2) is 5.82 Å². The molecule has 3 aliphatic heterocycles. The van der Waals surface area contributed by atoms with Crippen LogP contribution in [0.15, 0.2) is 24.5 Å². The number of pyridine rings is 1. The maximum Gasteiger partial charge on any atom is 0.153 e. The molecule has 5 nitrogen and oxygen atoms in total. The summed E-state index contributed by atoms with van der Waals surface area (Å²) in [4.78, 5) is 14.8. The van der Waals surface area contributed by atoms with Gasteiger partial charge < -0.3 is 14.7 Å². The van der Waals surface area contributed by atoms with Crippen molar-refractivity contribution in [1.82, 2.24) is 9.88 Å². The van der Waals surface area contributed by atoms with Crippen molar-refractivity contribution >= 4 is 17.2 Å². The molecule has 3 fully saturated rings. The highest BCUT2D eigenvalue weighted by molar-refractivity contribution is 5.78. The average molecular weight is 354 g/mol. The molecule has 0 unspecified atom stereocenters. The summed E-state index contributed by atoms with van der Waals surface area (Å²) in [5.41, 5.74) is 4.34. The third-order valence-corrected chi connectivity index (χ3v) is 7.18. The minimum absolute atomic E-state index is 0.337. The molecular weight excluding hydrogens is 322 g/mol. The SMILES string of the molecule is C=C1[C@H]2CN(C(C)C)CCN2c2ncc(N3CCC4(CC4)C3)cc2N1C. The van der Waals surface area contributed by atoms with Gasteiger partial charge in [-0.05, 0) is 44.6 Å². The first kappa shape index (κ1) is 16.4. The minimum Gasteiger partial charge on any atom is -0.370 e. The Kier molecular flexibility index (Phi) is 3.55. The molecule has 5 heteroatoms.